The molecule has 0 saturated carbocycles. The van der Waals surface area contributed by atoms with Gasteiger partial charge in [-0.3, -0.25) is 9.59 Å². The molecule has 0 unspecified atom stereocenters. The van der Waals surface area contributed by atoms with Crippen LogP contribution in [0.1, 0.15) is 23.1 Å². The van der Waals surface area contributed by atoms with E-state index in [0.29, 0.717) is 17.9 Å². The maximum absolute atomic E-state index is 12.0. The molecular formula is C21H25NO5. The summed E-state index contributed by atoms with van der Waals surface area (Å²) in [5.74, 6) is 0.455. The number of ether oxygens (including phenoxy) is 3. The Morgan fingerprint density at radius 1 is 0.963 bits per heavy atom. The highest BCUT2D eigenvalue weighted by atomic mass is 16.5. The molecule has 0 heterocycles. The van der Waals surface area contributed by atoms with Crippen LogP contribution >= 0.6 is 0 Å². The highest BCUT2D eigenvalue weighted by molar-refractivity contribution is 5.94. The van der Waals surface area contributed by atoms with Gasteiger partial charge >= 0.3 is 5.97 Å². The summed E-state index contributed by atoms with van der Waals surface area (Å²) in [5.41, 5.74) is 3.60. The highest BCUT2D eigenvalue weighted by Crippen LogP contribution is 2.28. The minimum atomic E-state index is -0.429. The van der Waals surface area contributed by atoms with Crippen molar-refractivity contribution in [1.82, 2.24) is 0 Å². The van der Waals surface area contributed by atoms with Crippen molar-refractivity contribution in [3.63, 3.8) is 0 Å². The standard InChI is InChI=1S/C21H25NO5/c1-14-6-5-7-15(2)21(14)22-19(23)13-27-20(24)11-9-16-8-10-17(25-3)18(12-16)26-4/h5-8,10,12H,9,11,13H2,1-4H3,(H,22,23). The number of esters is 1. The molecule has 2 aromatic rings. The number of methoxy groups -OCH3 is 2. The van der Waals surface area contributed by atoms with Gasteiger partial charge in [-0.1, -0.05) is 24.3 Å². The van der Waals surface area contributed by atoms with E-state index in [1.807, 2.05) is 44.2 Å². The number of carbonyl (C=O) groups is 2. The molecule has 0 spiro atoms. The molecule has 0 aliphatic heterocycles. The fourth-order valence-corrected chi connectivity index (χ4v) is 2.69. The van der Waals surface area contributed by atoms with E-state index in [1.54, 1.807) is 20.3 Å². The molecule has 1 N–H and O–H groups in total. The van der Waals surface area contributed by atoms with E-state index in [1.165, 1.54) is 0 Å². The number of hydrogen-bond acceptors (Lipinski definition) is 5. The molecule has 0 aliphatic carbocycles. The van der Waals surface area contributed by atoms with E-state index in [2.05, 4.69) is 5.32 Å². The molecule has 0 fully saturated rings. The normalized spacial score (nSPS) is 10.2. The number of nitrogens with one attached hydrogen (secondary N) is 1. The van der Waals surface area contributed by atoms with Crippen molar-refractivity contribution in [3.8, 4) is 11.5 Å². The van der Waals surface area contributed by atoms with E-state index in [0.717, 1.165) is 22.4 Å². The summed E-state index contributed by atoms with van der Waals surface area (Å²) in [6.07, 6.45) is 0.657. The van der Waals surface area contributed by atoms with Gasteiger partial charge in [0.05, 0.1) is 14.2 Å². The Labute approximate surface area is 159 Å². The minimum absolute atomic E-state index is 0.173. The summed E-state index contributed by atoms with van der Waals surface area (Å²) in [4.78, 5) is 24.0. The van der Waals surface area contributed by atoms with E-state index in [4.69, 9.17) is 14.2 Å². The SMILES string of the molecule is COc1ccc(CCC(=O)OCC(=O)Nc2c(C)cccc2C)cc1OC. The van der Waals surface area contributed by atoms with Crippen molar-refractivity contribution < 1.29 is 23.8 Å². The van der Waals surface area contributed by atoms with Gasteiger partial charge in [-0.2, -0.15) is 0 Å². The summed E-state index contributed by atoms with van der Waals surface area (Å²) < 4.78 is 15.5. The van der Waals surface area contributed by atoms with E-state index < -0.39 is 5.97 Å². The Morgan fingerprint density at radius 3 is 2.26 bits per heavy atom. The predicted octanol–water partition coefficient (Wildman–Crippen LogP) is 3.44. The molecule has 0 aromatic heterocycles. The summed E-state index contributed by atoms with van der Waals surface area (Å²) in [6, 6.07) is 11.2. The highest BCUT2D eigenvalue weighted by Gasteiger charge is 2.11. The monoisotopic (exact) mass is 371 g/mol. The number of para-hydroxylation sites is 1. The molecule has 0 saturated heterocycles. The number of amides is 1. The number of carbonyl (C=O) groups excluding carboxylic acids is 2. The van der Waals surface area contributed by atoms with Crippen LogP contribution in [0.25, 0.3) is 0 Å². The zero-order valence-corrected chi connectivity index (χ0v) is 16.1. The van der Waals surface area contributed by atoms with Crippen LogP contribution < -0.4 is 14.8 Å². The number of hydrogen-bond donors (Lipinski definition) is 1. The Hall–Kier alpha value is -3.02. The number of benzene rings is 2. The smallest absolute Gasteiger partial charge is 0.306 e. The van der Waals surface area contributed by atoms with Crippen LogP contribution in [0.3, 0.4) is 0 Å². The second-order valence-electron chi connectivity index (χ2n) is 6.17. The first-order chi connectivity index (χ1) is 12.9. The maximum Gasteiger partial charge on any atom is 0.306 e. The van der Waals surface area contributed by atoms with Gasteiger partial charge in [0.25, 0.3) is 5.91 Å². The Kier molecular flexibility index (Phi) is 7.23. The minimum Gasteiger partial charge on any atom is -0.493 e. The molecule has 1 amide bonds. The molecule has 6 heteroatoms. The Bertz CT molecular complexity index is 796. The molecule has 0 aliphatic rings. The third-order valence-electron chi connectivity index (χ3n) is 4.18. The van der Waals surface area contributed by atoms with Crippen molar-refractivity contribution in [2.45, 2.75) is 26.7 Å². The number of aryl methyl sites for hydroxylation is 3. The van der Waals surface area contributed by atoms with Gasteiger partial charge in [0.1, 0.15) is 0 Å². The third-order valence-corrected chi connectivity index (χ3v) is 4.18. The van der Waals surface area contributed by atoms with Gasteiger partial charge < -0.3 is 19.5 Å². The summed E-state index contributed by atoms with van der Waals surface area (Å²) in [5, 5.41) is 2.79. The van der Waals surface area contributed by atoms with E-state index >= 15 is 0 Å². The first-order valence-electron chi connectivity index (χ1n) is 8.67. The van der Waals surface area contributed by atoms with Crippen LogP contribution in [0.5, 0.6) is 11.5 Å². The number of rotatable bonds is 8. The van der Waals surface area contributed by atoms with Gasteiger partial charge in [-0.15, -0.1) is 0 Å². The van der Waals surface area contributed by atoms with Gasteiger partial charge in [0.2, 0.25) is 0 Å². The molecular weight excluding hydrogens is 346 g/mol. The number of anilines is 1. The molecule has 27 heavy (non-hydrogen) atoms. The van der Waals surface area contributed by atoms with Crippen molar-refractivity contribution in [2.75, 3.05) is 26.1 Å². The Balaban J connectivity index is 1.81. The lowest BCUT2D eigenvalue weighted by atomic mass is 10.1. The Morgan fingerprint density at radius 2 is 1.63 bits per heavy atom. The van der Waals surface area contributed by atoms with Gasteiger partial charge in [-0.05, 0) is 49.1 Å². The summed E-state index contributed by atoms with van der Waals surface area (Å²) in [6.45, 7) is 3.52. The van der Waals surface area contributed by atoms with Gasteiger partial charge in [0.15, 0.2) is 18.1 Å². The lowest BCUT2D eigenvalue weighted by Crippen LogP contribution is -2.22. The third kappa shape index (κ3) is 5.74. The lowest BCUT2D eigenvalue weighted by Gasteiger charge is -2.12. The van der Waals surface area contributed by atoms with Crippen LogP contribution in [0, 0.1) is 13.8 Å². The average molecular weight is 371 g/mol. The second kappa shape index (κ2) is 9.62. The van der Waals surface area contributed by atoms with Crippen LogP contribution in [0.15, 0.2) is 36.4 Å². The second-order valence-corrected chi connectivity index (χ2v) is 6.17. The van der Waals surface area contributed by atoms with E-state index in [9.17, 15) is 9.59 Å². The molecule has 144 valence electrons. The summed E-state index contributed by atoms with van der Waals surface area (Å²) >= 11 is 0. The first kappa shape index (κ1) is 20.3. The molecule has 2 aromatic carbocycles. The summed E-state index contributed by atoms with van der Waals surface area (Å²) in [7, 11) is 3.13. The fraction of sp³-hybridized carbons (Fsp3) is 0.333. The lowest BCUT2D eigenvalue weighted by molar-refractivity contribution is -0.147. The quantitative estimate of drug-likeness (QED) is 0.720. The zero-order valence-electron chi connectivity index (χ0n) is 16.1. The van der Waals surface area contributed by atoms with Crippen LogP contribution in [-0.4, -0.2) is 32.7 Å². The molecule has 0 bridgehead atoms. The maximum atomic E-state index is 12.0. The van der Waals surface area contributed by atoms with Crippen LogP contribution in [0.4, 0.5) is 5.69 Å². The molecule has 0 radical (unpaired) electrons. The average Bonchev–Trinajstić information content (AvgIpc) is 2.67. The zero-order chi connectivity index (χ0) is 19.8. The topological polar surface area (TPSA) is 73.9 Å². The van der Waals surface area contributed by atoms with Crippen molar-refractivity contribution in [2.24, 2.45) is 0 Å². The van der Waals surface area contributed by atoms with Crippen LogP contribution in [0.2, 0.25) is 0 Å². The van der Waals surface area contributed by atoms with Gasteiger partial charge in [0, 0.05) is 12.1 Å². The molecule has 2 rings (SSSR count). The van der Waals surface area contributed by atoms with Crippen molar-refractivity contribution in [1.29, 1.82) is 0 Å². The molecule has 6 nitrogen and oxygen atoms in total. The molecule has 0 atom stereocenters. The first-order valence-corrected chi connectivity index (χ1v) is 8.67. The predicted molar refractivity (Wildman–Crippen MR) is 103 cm³/mol. The van der Waals surface area contributed by atoms with Gasteiger partial charge in [-0.25, -0.2) is 0 Å². The van der Waals surface area contributed by atoms with Crippen molar-refractivity contribution >= 4 is 17.6 Å². The van der Waals surface area contributed by atoms with Crippen molar-refractivity contribution in [3.05, 3.63) is 53.1 Å². The fourth-order valence-electron chi connectivity index (χ4n) is 2.69. The van der Waals surface area contributed by atoms with E-state index in [-0.39, 0.29) is 18.9 Å². The van der Waals surface area contributed by atoms with Crippen LogP contribution in [-0.2, 0) is 20.7 Å². The largest absolute Gasteiger partial charge is 0.493 e.